The minimum Gasteiger partial charge on any atom is -0.493 e. The van der Waals surface area contributed by atoms with Crippen LogP contribution in [-0.4, -0.2) is 46.3 Å². The summed E-state index contributed by atoms with van der Waals surface area (Å²) in [6.07, 6.45) is 0. The second-order valence-electron chi connectivity index (χ2n) is 4.28. The van der Waals surface area contributed by atoms with Crippen LogP contribution in [0.25, 0.3) is 0 Å². The van der Waals surface area contributed by atoms with E-state index in [9.17, 15) is 0 Å². The van der Waals surface area contributed by atoms with Gasteiger partial charge in [0.2, 0.25) is 0 Å². The second-order valence-corrected chi connectivity index (χ2v) is 5.20. The molecule has 1 N–H and O–H groups in total. The van der Waals surface area contributed by atoms with Crippen molar-refractivity contribution in [1.29, 1.82) is 0 Å². The van der Waals surface area contributed by atoms with Crippen LogP contribution in [0.5, 0.6) is 11.5 Å². The fraction of sp³-hybridized carbons (Fsp3) is 0.538. The number of halogens is 1. The molecule has 0 unspecified atom stereocenters. The lowest BCUT2D eigenvalue weighted by atomic mass is 10.2. The molecule has 0 saturated heterocycles. The molecule has 0 bridgehead atoms. The van der Waals surface area contributed by atoms with Gasteiger partial charge in [0.15, 0.2) is 11.5 Å². The Labute approximate surface area is 117 Å². The van der Waals surface area contributed by atoms with E-state index in [0.29, 0.717) is 0 Å². The first-order chi connectivity index (χ1) is 8.58. The lowest BCUT2D eigenvalue weighted by molar-refractivity contribution is 0.349. The maximum atomic E-state index is 5.40. The first kappa shape index (κ1) is 15.3. The zero-order chi connectivity index (χ0) is 13.5. The number of likely N-dealkylation sites (N-methyl/N-ethyl adjacent to an activating group) is 1. The third-order valence-corrected chi connectivity index (χ3v) is 3.03. The van der Waals surface area contributed by atoms with E-state index in [1.807, 2.05) is 12.1 Å². The summed E-state index contributed by atoms with van der Waals surface area (Å²) in [4.78, 5) is 2.14. The van der Waals surface area contributed by atoms with Gasteiger partial charge in [-0.25, -0.2) is 0 Å². The normalized spacial score (nSPS) is 10.8. The molecule has 0 saturated carbocycles. The minimum atomic E-state index is 0.747. The highest BCUT2D eigenvalue weighted by Crippen LogP contribution is 2.34. The predicted molar refractivity (Wildman–Crippen MR) is 77.5 cm³/mol. The van der Waals surface area contributed by atoms with Gasteiger partial charge in [-0.1, -0.05) is 15.9 Å². The largest absolute Gasteiger partial charge is 0.493 e. The Kier molecular flexibility index (Phi) is 6.46. The van der Waals surface area contributed by atoms with E-state index < -0.39 is 0 Å². The zero-order valence-electron chi connectivity index (χ0n) is 11.4. The van der Waals surface area contributed by atoms with E-state index in [1.54, 1.807) is 14.2 Å². The molecule has 0 amide bonds. The molecule has 0 heterocycles. The highest BCUT2D eigenvalue weighted by atomic mass is 79.9. The van der Waals surface area contributed by atoms with Crippen LogP contribution in [0.1, 0.15) is 5.56 Å². The van der Waals surface area contributed by atoms with Crippen molar-refractivity contribution in [1.82, 2.24) is 10.2 Å². The quantitative estimate of drug-likeness (QED) is 0.781. The predicted octanol–water partition coefficient (Wildman–Crippen LogP) is 2.12. The Morgan fingerprint density at radius 3 is 2.50 bits per heavy atom. The zero-order valence-corrected chi connectivity index (χ0v) is 13.0. The molecule has 1 aromatic rings. The molecule has 1 aromatic carbocycles. The fourth-order valence-corrected chi connectivity index (χ4v) is 2.15. The van der Waals surface area contributed by atoms with Gasteiger partial charge in [-0.2, -0.15) is 0 Å². The highest BCUT2D eigenvalue weighted by Gasteiger charge is 2.11. The van der Waals surface area contributed by atoms with Crippen molar-refractivity contribution in [2.24, 2.45) is 0 Å². The number of hydrogen-bond donors (Lipinski definition) is 1. The van der Waals surface area contributed by atoms with E-state index in [4.69, 9.17) is 9.47 Å². The summed E-state index contributed by atoms with van der Waals surface area (Å²) < 4.78 is 11.7. The standard InChI is InChI=1S/C13H21BrN2O2/c1-16(2)6-5-15-9-10-7-11(14)8-12(17-3)13(10)18-4/h7-8,15H,5-6,9H2,1-4H3. The van der Waals surface area contributed by atoms with Crippen molar-refractivity contribution in [3.8, 4) is 11.5 Å². The summed E-state index contributed by atoms with van der Waals surface area (Å²) in [5.74, 6) is 1.54. The Bertz CT molecular complexity index is 383. The molecular formula is C13H21BrN2O2. The molecule has 0 fully saturated rings. The van der Waals surface area contributed by atoms with Crippen molar-refractivity contribution in [2.45, 2.75) is 6.54 Å². The van der Waals surface area contributed by atoms with Crippen LogP contribution in [0.4, 0.5) is 0 Å². The van der Waals surface area contributed by atoms with E-state index in [2.05, 4.69) is 40.2 Å². The highest BCUT2D eigenvalue weighted by molar-refractivity contribution is 9.10. The summed E-state index contributed by atoms with van der Waals surface area (Å²) in [5, 5.41) is 3.39. The number of benzene rings is 1. The van der Waals surface area contributed by atoms with Crippen LogP contribution < -0.4 is 14.8 Å². The first-order valence-electron chi connectivity index (χ1n) is 5.84. The molecule has 0 aliphatic rings. The van der Waals surface area contributed by atoms with E-state index in [-0.39, 0.29) is 0 Å². The number of hydrogen-bond acceptors (Lipinski definition) is 4. The fourth-order valence-electron chi connectivity index (χ4n) is 1.66. The molecule has 0 spiro atoms. The van der Waals surface area contributed by atoms with Gasteiger partial charge in [-0.15, -0.1) is 0 Å². The van der Waals surface area contributed by atoms with Crippen molar-refractivity contribution >= 4 is 15.9 Å². The Morgan fingerprint density at radius 2 is 1.94 bits per heavy atom. The number of nitrogens with one attached hydrogen (secondary N) is 1. The lowest BCUT2D eigenvalue weighted by Gasteiger charge is -2.15. The number of rotatable bonds is 7. The topological polar surface area (TPSA) is 33.7 Å². The van der Waals surface area contributed by atoms with Crippen LogP contribution in [-0.2, 0) is 6.54 Å². The van der Waals surface area contributed by atoms with E-state index in [1.165, 1.54) is 0 Å². The Hall–Kier alpha value is -0.780. The SMILES string of the molecule is COc1cc(Br)cc(CNCCN(C)C)c1OC. The molecule has 0 aliphatic heterocycles. The second kappa shape index (κ2) is 7.61. The third kappa shape index (κ3) is 4.48. The maximum absolute atomic E-state index is 5.40. The monoisotopic (exact) mass is 316 g/mol. The summed E-state index contributed by atoms with van der Waals surface area (Å²) in [7, 11) is 7.43. The molecule has 1 rings (SSSR count). The number of ether oxygens (including phenoxy) is 2. The number of nitrogens with zero attached hydrogens (tertiary/aromatic N) is 1. The summed E-state index contributed by atoms with van der Waals surface area (Å²) in [5.41, 5.74) is 1.09. The van der Waals surface area contributed by atoms with Crippen LogP contribution in [0.3, 0.4) is 0 Å². The third-order valence-electron chi connectivity index (χ3n) is 2.57. The summed E-state index contributed by atoms with van der Waals surface area (Å²) in [6.45, 7) is 2.70. The molecule has 4 nitrogen and oxygen atoms in total. The molecule has 0 aromatic heterocycles. The van der Waals surface area contributed by atoms with Crippen LogP contribution in [0.2, 0.25) is 0 Å². The molecule has 0 radical (unpaired) electrons. The lowest BCUT2D eigenvalue weighted by Crippen LogP contribution is -2.26. The maximum Gasteiger partial charge on any atom is 0.165 e. The van der Waals surface area contributed by atoms with Crippen LogP contribution >= 0.6 is 15.9 Å². The molecule has 0 atom stereocenters. The van der Waals surface area contributed by atoms with Crippen LogP contribution in [0, 0.1) is 0 Å². The number of methoxy groups -OCH3 is 2. The van der Waals surface area contributed by atoms with Crippen molar-refractivity contribution in [3.05, 3.63) is 22.2 Å². The van der Waals surface area contributed by atoms with Crippen molar-refractivity contribution < 1.29 is 9.47 Å². The Morgan fingerprint density at radius 1 is 1.22 bits per heavy atom. The minimum absolute atomic E-state index is 0.747. The smallest absolute Gasteiger partial charge is 0.165 e. The first-order valence-corrected chi connectivity index (χ1v) is 6.63. The average Bonchev–Trinajstić information content (AvgIpc) is 2.33. The van der Waals surface area contributed by atoms with E-state index in [0.717, 1.165) is 41.2 Å². The Balaban J connectivity index is 2.71. The molecular weight excluding hydrogens is 296 g/mol. The molecule has 5 heteroatoms. The van der Waals surface area contributed by atoms with Gasteiger partial charge >= 0.3 is 0 Å². The van der Waals surface area contributed by atoms with Gasteiger partial charge < -0.3 is 19.7 Å². The van der Waals surface area contributed by atoms with Gasteiger partial charge in [0, 0.05) is 29.7 Å². The van der Waals surface area contributed by atoms with Gasteiger partial charge in [0.05, 0.1) is 14.2 Å². The van der Waals surface area contributed by atoms with Gasteiger partial charge in [0.25, 0.3) is 0 Å². The molecule has 0 aliphatic carbocycles. The summed E-state index contributed by atoms with van der Waals surface area (Å²) in [6, 6.07) is 3.95. The van der Waals surface area contributed by atoms with Gasteiger partial charge in [0.1, 0.15) is 0 Å². The van der Waals surface area contributed by atoms with Crippen molar-refractivity contribution in [2.75, 3.05) is 41.4 Å². The van der Waals surface area contributed by atoms with Gasteiger partial charge in [-0.3, -0.25) is 0 Å². The van der Waals surface area contributed by atoms with Crippen LogP contribution in [0.15, 0.2) is 16.6 Å². The molecule has 102 valence electrons. The van der Waals surface area contributed by atoms with Gasteiger partial charge in [-0.05, 0) is 26.2 Å². The average molecular weight is 317 g/mol. The molecule has 18 heavy (non-hydrogen) atoms. The van der Waals surface area contributed by atoms with E-state index >= 15 is 0 Å². The summed E-state index contributed by atoms with van der Waals surface area (Å²) >= 11 is 3.48. The van der Waals surface area contributed by atoms with Crippen molar-refractivity contribution in [3.63, 3.8) is 0 Å².